The molecule has 0 aliphatic rings. The molecule has 8 heteroatoms. The third-order valence-electron chi connectivity index (χ3n) is 3.20. The quantitative estimate of drug-likeness (QED) is 0.754. The Morgan fingerprint density at radius 2 is 1.77 bits per heavy atom. The molecular formula is C18H14Cl2N2O4. The van der Waals surface area contributed by atoms with Crippen molar-refractivity contribution >= 4 is 40.8 Å². The molecule has 0 saturated carbocycles. The fraction of sp³-hybridized carbons (Fsp3) is 0.167. The lowest BCUT2D eigenvalue weighted by Crippen LogP contribution is -2.29. The van der Waals surface area contributed by atoms with Crippen LogP contribution < -0.4 is 10.1 Å². The number of nitriles is 1. The summed E-state index contributed by atoms with van der Waals surface area (Å²) in [6.07, 6.45) is -0.931. The zero-order valence-corrected chi connectivity index (χ0v) is 15.2. The van der Waals surface area contributed by atoms with Crippen molar-refractivity contribution in [2.45, 2.75) is 13.0 Å². The van der Waals surface area contributed by atoms with E-state index in [1.54, 1.807) is 42.5 Å². The van der Waals surface area contributed by atoms with Gasteiger partial charge in [-0.05, 0) is 43.3 Å². The average Bonchev–Trinajstić information content (AvgIpc) is 2.63. The number of anilines is 1. The molecule has 0 bridgehead atoms. The van der Waals surface area contributed by atoms with E-state index in [1.165, 1.54) is 6.92 Å². The second kappa shape index (κ2) is 9.09. The van der Waals surface area contributed by atoms with Gasteiger partial charge in [-0.2, -0.15) is 5.26 Å². The van der Waals surface area contributed by atoms with E-state index in [-0.39, 0.29) is 15.7 Å². The monoisotopic (exact) mass is 392 g/mol. The molecule has 0 aromatic heterocycles. The molecule has 0 radical (unpaired) electrons. The summed E-state index contributed by atoms with van der Waals surface area (Å²) in [6, 6.07) is 13.0. The number of halogens is 2. The van der Waals surface area contributed by atoms with Gasteiger partial charge in [0.1, 0.15) is 5.75 Å². The summed E-state index contributed by atoms with van der Waals surface area (Å²) in [5, 5.41) is 11.8. The molecule has 2 rings (SSSR count). The molecule has 0 aliphatic heterocycles. The molecule has 6 nitrogen and oxygen atoms in total. The van der Waals surface area contributed by atoms with Crippen LogP contribution in [0.15, 0.2) is 42.5 Å². The molecule has 0 fully saturated rings. The molecular weight excluding hydrogens is 379 g/mol. The van der Waals surface area contributed by atoms with Crippen LogP contribution in [-0.4, -0.2) is 24.6 Å². The highest BCUT2D eigenvalue weighted by molar-refractivity contribution is 6.39. The third kappa shape index (κ3) is 5.38. The standard InChI is InChI=1S/C18H14Cl2N2O4/c1-11(26-13-7-5-12(9-21)6-8-13)18(24)25-10-16(23)22-17-14(19)3-2-4-15(17)20/h2-8,11H,10H2,1H3,(H,22,23)/t11-/m0/s1. The number of ether oxygens (including phenoxy) is 2. The van der Waals surface area contributed by atoms with E-state index in [1.807, 2.05) is 6.07 Å². The number of carbonyl (C=O) groups excluding carboxylic acids is 2. The molecule has 0 aliphatic carbocycles. The number of para-hydroxylation sites is 1. The summed E-state index contributed by atoms with van der Waals surface area (Å²) in [4.78, 5) is 23.8. The molecule has 1 N–H and O–H groups in total. The third-order valence-corrected chi connectivity index (χ3v) is 3.83. The highest BCUT2D eigenvalue weighted by Gasteiger charge is 2.18. The lowest BCUT2D eigenvalue weighted by molar-refractivity contribution is -0.153. The average molecular weight is 393 g/mol. The SMILES string of the molecule is C[C@H](Oc1ccc(C#N)cc1)C(=O)OCC(=O)Nc1c(Cl)cccc1Cl. The van der Waals surface area contributed by atoms with Crippen molar-refractivity contribution in [3.05, 3.63) is 58.1 Å². The van der Waals surface area contributed by atoms with E-state index < -0.39 is 24.6 Å². The number of rotatable bonds is 6. The zero-order valence-electron chi connectivity index (χ0n) is 13.7. The van der Waals surface area contributed by atoms with Crippen molar-refractivity contribution in [1.82, 2.24) is 0 Å². The van der Waals surface area contributed by atoms with Crippen LogP contribution in [0.2, 0.25) is 10.0 Å². The number of hydrogen-bond donors (Lipinski definition) is 1. The normalized spacial score (nSPS) is 11.2. The van der Waals surface area contributed by atoms with E-state index >= 15 is 0 Å². The first-order valence-corrected chi connectivity index (χ1v) is 8.23. The molecule has 134 valence electrons. The minimum atomic E-state index is -0.931. The molecule has 1 atom stereocenters. The van der Waals surface area contributed by atoms with Crippen LogP contribution in [-0.2, 0) is 14.3 Å². The number of amides is 1. The Labute approximate surface area is 160 Å². The van der Waals surface area contributed by atoms with Crippen LogP contribution >= 0.6 is 23.2 Å². The van der Waals surface area contributed by atoms with Gasteiger partial charge in [-0.15, -0.1) is 0 Å². The fourth-order valence-corrected chi connectivity index (χ4v) is 2.40. The first kappa shape index (κ1) is 19.6. The number of nitrogens with zero attached hydrogens (tertiary/aromatic N) is 1. The maximum Gasteiger partial charge on any atom is 0.347 e. The van der Waals surface area contributed by atoms with Crippen molar-refractivity contribution in [2.24, 2.45) is 0 Å². The van der Waals surface area contributed by atoms with Gasteiger partial charge in [-0.1, -0.05) is 29.3 Å². The number of carbonyl (C=O) groups is 2. The Balaban J connectivity index is 1.85. The smallest absolute Gasteiger partial charge is 0.347 e. The maximum atomic E-state index is 11.9. The van der Waals surface area contributed by atoms with E-state index in [4.69, 9.17) is 37.9 Å². The predicted octanol–water partition coefficient (Wildman–Crippen LogP) is 3.81. The summed E-state index contributed by atoms with van der Waals surface area (Å²) in [5.74, 6) is -0.894. The van der Waals surface area contributed by atoms with Crippen molar-refractivity contribution < 1.29 is 19.1 Å². The second-order valence-corrected chi connectivity index (χ2v) is 5.96. The van der Waals surface area contributed by atoms with Crippen LogP contribution in [0.5, 0.6) is 5.75 Å². The minimum absolute atomic E-state index is 0.249. The van der Waals surface area contributed by atoms with Gasteiger partial charge >= 0.3 is 5.97 Å². The van der Waals surface area contributed by atoms with E-state index in [0.717, 1.165) is 0 Å². The second-order valence-electron chi connectivity index (χ2n) is 5.15. The highest BCUT2D eigenvalue weighted by Crippen LogP contribution is 2.29. The minimum Gasteiger partial charge on any atom is -0.479 e. The van der Waals surface area contributed by atoms with Gasteiger partial charge in [0.25, 0.3) is 5.91 Å². The Bertz CT molecular complexity index is 827. The van der Waals surface area contributed by atoms with Crippen LogP contribution in [0.3, 0.4) is 0 Å². The molecule has 0 saturated heterocycles. The molecule has 2 aromatic rings. The molecule has 26 heavy (non-hydrogen) atoms. The Morgan fingerprint density at radius 1 is 1.15 bits per heavy atom. The fourth-order valence-electron chi connectivity index (χ4n) is 1.91. The first-order chi connectivity index (χ1) is 12.4. The van der Waals surface area contributed by atoms with Gasteiger partial charge in [-0.25, -0.2) is 4.79 Å². The summed E-state index contributed by atoms with van der Waals surface area (Å²) in [6.45, 7) is 0.977. The van der Waals surface area contributed by atoms with Crippen LogP contribution in [0, 0.1) is 11.3 Å². The Hall–Kier alpha value is -2.75. The van der Waals surface area contributed by atoms with Crippen molar-refractivity contribution in [3.63, 3.8) is 0 Å². The number of esters is 1. The van der Waals surface area contributed by atoms with Crippen molar-refractivity contribution in [2.75, 3.05) is 11.9 Å². The first-order valence-electron chi connectivity index (χ1n) is 7.48. The lowest BCUT2D eigenvalue weighted by Gasteiger charge is -2.14. The molecule has 0 spiro atoms. The van der Waals surface area contributed by atoms with E-state index in [9.17, 15) is 9.59 Å². The number of benzene rings is 2. The maximum absolute atomic E-state index is 11.9. The van der Waals surface area contributed by atoms with Crippen LogP contribution in [0.4, 0.5) is 5.69 Å². The number of nitrogens with one attached hydrogen (secondary N) is 1. The van der Waals surface area contributed by atoms with Crippen molar-refractivity contribution in [3.8, 4) is 11.8 Å². The largest absolute Gasteiger partial charge is 0.479 e. The molecule has 1 amide bonds. The van der Waals surface area contributed by atoms with Gasteiger partial charge in [0.05, 0.1) is 27.4 Å². The molecule has 0 heterocycles. The predicted molar refractivity (Wildman–Crippen MR) is 97.3 cm³/mol. The topological polar surface area (TPSA) is 88.4 Å². The Kier molecular flexibility index (Phi) is 6.84. The van der Waals surface area contributed by atoms with Crippen LogP contribution in [0.25, 0.3) is 0 Å². The highest BCUT2D eigenvalue weighted by atomic mass is 35.5. The zero-order chi connectivity index (χ0) is 19.1. The summed E-state index contributed by atoms with van der Waals surface area (Å²) in [7, 11) is 0. The summed E-state index contributed by atoms with van der Waals surface area (Å²) in [5.41, 5.74) is 0.723. The van der Waals surface area contributed by atoms with E-state index in [0.29, 0.717) is 11.3 Å². The Morgan fingerprint density at radius 3 is 2.35 bits per heavy atom. The number of hydrogen-bond acceptors (Lipinski definition) is 5. The summed E-state index contributed by atoms with van der Waals surface area (Å²) >= 11 is 11.9. The van der Waals surface area contributed by atoms with Crippen molar-refractivity contribution in [1.29, 1.82) is 5.26 Å². The lowest BCUT2D eigenvalue weighted by atomic mass is 10.2. The van der Waals surface area contributed by atoms with Crippen LogP contribution in [0.1, 0.15) is 12.5 Å². The summed E-state index contributed by atoms with van der Waals surface area (Å²) < 4.78 is 10.3. The van der Waals surface area contributed by atoms with Gasteiger partial charge in [0, 0.05) is 0 Å². The van der Waals surface area contributed by atoms with Gasteiger partial charge in [0.2, 0.25) is 0 Å². The van der Waals surface area contributed by atoms with Gasteiger partial charge < -0.3 is 14.8 Å². The molecule has 0 unspecified atom stereocenters. The molecule has 2 aromatic carbocycles. The van der Waals surface area contributed by atoms with Gasteiger partial charge in [0.15, 0.2) is 12.7 Å². The van der Waals surface area contributed by atoms with Gasteiger partial charge in [-0.3, -0.25) is 4.79 Å². The van der Waals surface area contributed by atoms with E-state index in [2.05, 4.69) is 5.32 Å².